The molecule has 0 saturated heterocycles. The van der Waals surface area contributed by atoms with Gasteiger partial charge >= 0.3 is 6.18 Å². The van der Waals surface area contributed by atoms with Crippen LogP contribution in [0, 0.1) is 0 Å². The van der Waals surface area contributed by atoms with Gasteiger partial charge in [-0.3, -0.25) is 0 Å². The van der Waals surface area contributed by atoms with Crippen LogP contribution < -0.4 is 0 Å². The van der Waals surface area contributed by atoms with Gasteiger partial charge in [0.1, 0.15) is 0 Å². The third-order valence-electron chi connectivity index (χ3n) is 1.03. The standard InChI is InChI=1S/C7H11F3/c1-2-3-4-5-6-7(8,9)10/h5-6H,2-4H2,1H3. The molecule has 60 valence electrons. The van der Waals surface area contributed by atoms with E-state index in [2.05, 4.69) is 0 Å². The number of hydrogen-bond acceptors (Lipinski definition) is 0. The summed E-state index contributed by atoms with van der Waals surface area (Å²) in [6.07, 6.45) is -0.384. The molecule has 0 atom stereocenters. The molecule has 0 radical (unpaired) electrons. The van der Waals surface area contributed by atoms with Crippen molar-refractivity contribution in [3.63, 3.8) is 0 Å². The van der Waals surface area contributed by atoms with Gasteiger partial charge in [0.15, 0.2) is 0 Å². The molecule has 0 fully saturated rings. The molecular formula is C7H11F3. The van der Waals surface area contributed by atoms with Gasteiger partial charge in [-0.05, 0) is 6.42 Å². The lowest BCUT2D eigenvalue weighted by Crippen LogP contribution is -2.00. The van der Waals surface area contributed by atoms with Crippen LogP contribution in [0.1, 0.15) is 26.2 Å². The highest BCUT2D eigenvalue weighted by molar-refractivity contribution is 4.88. The molecule has 0 nitrogen and oxygen atoms in total. The van der Waals surface area contributed by atoms with Crippen molar-refractivity contribution in [1.29, 1.82) is 0 Å². The maximum atomic E-state index is 11.4. The van der Waals surface area contributed by atoms with Crippen molar-refractivity contribution in [2.24, 2.45) is 0 Å². The SMILES string of the molecule is CCCCC=CC(F)(F)F. The van der Waals surface area contributed by atoms with E-state index in [9.17, 15) is 13.2 Å². The predicted octanol–water partition coefficient (Wildman–Crippen LogP) is 3.30. The van der Waals surface area contributed by atoms with Gasteiger partial charge < -0.3 is 0 Å². The minimum Gasteiger partial charge on any atom is -0.167 e. The molecular weight excluding hydrogens is 141 g/mol. The maximum Gasteiger partial charge on any atom is 0.409 e. The van der Waals surface area contributed by atoms with Crippen LogP contribution in [-0.4, -0.2) is 6.18 Å². The molecule has 0 N–H and O–H groups in total. The van der Waals surface area contributed by atoms with E-state index >= 15 is 0 Å². The van der Waals surface area contributed by atoms with E-state index in [1.54, 1.807) is 0 Å². The van der Waals surface area contributed by atoms with Crippen molar-refractivity contribution >= 4 is 0 Å². The molecule has 0 aliphatic carbocycles. The summed E-state index contributed by atoms with van der Waals surface area (Å²) >= 11 is 0. The molecule has 0 aliphatic heterocycles. The molecule has 0 bridgehead atoms. The molecule has 0 aromatic rings. The molecule has 10 heavy (non-hydrogen) atoms. The molecule has 0 aliphatic rings. The fourth-order valence-electron chi connectivity index (χ4n) is 0.539. The molecule has 0 saturated carbocycles. The monoisotopic (exact) mass is 152 g/mol. The van der Waals surface area contributed by atoms with Crippen molar-refractivity contribution in [3.05, 3.63) is 12.2 Å². The third kappa shape index (κ3) is 7.53. The number of allylic oxidation sites excluding steroid dienone is 2. The molecule has 3 heteroatoms. The predicted molar refractivity (Wildman–Crippen MR) is 34.7 cm³/mol. The Hall–Kier alpha value is -0.470. The van der Waals surface area contributed by atoms with E-state index < -0.39 is 6.18 Å². The summed E-state index contributed by atoms with van der Waals surface area (Å²) < 4.78 is 34.2. The number of hydrogen-bond donors (Lipinski definition) is 0. The van der Waals surface area contributed by atoms with Crippen LogP contribution in [0.15, 0.2) is 12.2 Å². The van der Waals surface area contributed by atoms with Gasteiger partial charge in [-0.15, -0.1) is 0 Å². The zero-order chi connectivity index (χ0) is 8.04. The summed E-state index contributed by atoms with van der Waals surface area (Å²) in [4.78, 5) is 0. The highest BCUT2D eigenvalue weighted by atomic mass is 19.4. The molecule has 0 amide bonds. The van der Waals surface area contributed by atoms with Crippen molar-refractivity contribution in [2.45, 2.75) is 32.4 Å². The second kappa shape index (κ2) is 4.36. The van der Waals surface area contributed by atoms with Crippen molar-refractivity contribution < 1.29 is 13.2 Å². The Kier molecular flexibility index (Phi) is 4.16. The van der Waals surface area contributed by atoms with Gasteiger partial charge in [0.2, 0.25) is 0 Å². The molecule has 0 aromatic carbocycles. The first kappa shape index (κ1) is 9.53. The minimum atomic E-state index is -4.13. The largest absolute Gasteiger partial charge is 0.409 e. The first-order valence-electron chi connectivity index (χ1n) is 3.30. The fraction of sp³-hybridized carbons (Fsp3) is 0.714. The fourth-order valence-corrected chi connectivity index (χ4v) is 0.539. The smallest absolute Gasteiger partial charge is 0.167 e. The average molecular weight is 152 g/mol. The van der Waals surface area contributed by atoms with Crippen LogP contribution in [0.3, 0.4) is 0 Å². The van der Waals surface area contributed by atoms with Gasteiger partial charge in [0, 0.05) is 6.08 Å². The molecule has 0 spiro atoms. The van der Waals surface area contributed by atoms with Crippen molar-refractivity contribution in [3.8, 4) is 0 Å². The van der Waals surface area contributed by atoms with E-state index in [1.807, 2.05) is 6.92 Å². The zero-order valence-electron chi connectivity index (χ0n) is 5.91. The van der Waals surface area contributed by atoms with Gasteiger partial charge in [0.05, 0.1) is 0 Å². The van der Waals surface area contributed by atoms with Crippen molar-refractivity contribution in [1.82, 2.24) is 0 Å². The number of rotatable bonds is 3. The van der Waals surface area contributed by atoms with E-state index in [4.69, 9.17) is 0 Å². The third-order valence-corrected chi connectivity index (χ3v) is 1.03. The topological polar surface area (TPSA) is 0 Å². The Balaban J connectivity index is 3.37. The summed E-state index contributed by atoms with van der Waals surface area (Å²) in [5, 5.41) is 0. The number of alkyl halides is 3. The van der Waals surface area contributed by atoms with Gasteiger partial charge in [0.25, 0.3) is 0 Å². The van der Waals surface area contributed by atoms with Crippen LogP contribution >= 0.6 is 0 Å². The summed E-state index contributed by atoms with van der Waals surface area (Å²) in [5.41, 5.74) is 0. The second-order valence-corrected chi connectivity index (χ2v) is 2.09. The number of unbranched alkanes of at least 4 members (excludes halogenated alkanes) is 2. The highest BCUT2D eigenvalue weighted by Gasteiger charge is 2.21. The van der Waals surface area contributed by atoms with Crippen LogP contribution in [0.25, 0.3) is 0 Å². The van der Waals surface area contributed by atoms with Gasteiger partial charge in [-0.25, -0.2) is 0 Å². The first-order chi connectivity index (χ1) is 4.56. The van der Waals surface area contributed by atoms with E-state index in [-0.39, 0.29) is 0 Å². The summed E-state index contributed by atoms with van der Waals surface area (Å²) in [7, 11) is 0. The van der Waals surface area contributed by atoms with E-state index in [1.165, 1.54) is 6.08 Å². The Morgan fingerprint density at radius 2 is 1.90 bits per heavy atom. The first-order valence-corrected chi connectivity index (χ1v) is 3.30. The van der Waals surface area contributed by atoms with Crippen LogP contribution in [0.2, 0.25) is 0 Å². The minimum absolute atomic E-state index is 0.294. The van der Waals surface area contributed by atoms with Crippen molar-refractivity contribution in [2.75, 3.05) is 0 Å². The summed E-state index contributed by atoms with van der Waals surface area (Å²) in [6.45, 7) is 1.95. The van der Waals surface area contributed by atoms with E-state index in [0.29, 0.717) is 12.5 Å². The lowest BCUT2D eigenvalue weighted by atomic mass is 10.2. The Morgan fingerprint density at radius 3 is 2.30 bits per heavy atom. The lowest BCUT2D eigenvalue weighted by molar-refractivity contribution is -0.0800. The normalized spacial score (nSPS) is 12.8. The number of halogens is 3. The molecule has 0 aromatic heterocycles. The van der Waals surface area contributed by atoms with Crippen LogP contribution in [0.4, 0.5) is 13.2 Å². The maximum absolute atomic E-state index is 11.4. The zero-order valence-corrected chi connectivity index (χ0v) is 5.91. The van der Waals surface area contributed by atoms with E-state index in [0.717, 1.165) is 12.8 Å². The Bertz CT molecular complexity index is 102. The second-order valence-electron chi connectivity index (χ2n) is 2.09. The van der Waals surface area contributed by atoms with Gasteiger partial charge in [-0.2, -0.15) is 13.2 Å². The molecule has 0 unspecified atom stereocenters. The Labute approximate surface area is 58.7 Å². The quantitative estimate of drug-likeness (QED) is 0.430. The molecule has 0 heterocycles. The average Bonchev–Trinajstić information content (AvgIpc) is 1.78. The summed E-state index contributed by atoms with van der Waals surface area (Å²) in [6, 6.07) is 0. The highest BCUT2D eigenvalue weighted by Crippen LogP contribution is 2.16. The summed E-state index contributed by atoms with van der Waals surface area (Å²) in [5.74, 6) is 0. The lowest BCUT2D eigenvalue weighted by Gasteiger charge is -1.96. The van der Waals surface area contributed by atoms with Crippen LogP contribution in [0.5, 0.6) is 0 Å². The molecule has 0 rings (SSSR count). The van der Waals surface area contributed by atoms with Crippen LogP contribution in [-0.2, 0) is 0 Å². The Morgan fingerprint density at radius 1 is 1.30 bits per heavy atom. The van der Waals surface area contributed by atoms with Gasteiger partial charge in [-0.1, -0.05) is 25.8 Å².